The van der Waals surface area contributed by atoms with E-state index in [1.165, 1.54) is 11.3 Å². The molecule has 1 fully saturated rings. The summed E-state index contributed by atoms with van der Waals surface area (Å²) in [5.74, 6) is 1.04. The average Bonchev–Trinajstić information content (AvgIpc) is 2.71. The molecule has 162 valence electrons. The van der Waals surface area contributed by atoms with Gasteiger partial charge in [-0.05, 0) is 38.5 Å². The van der Waals surface area contributed by atoms with Crippen LogP contribution in [0.5, 0.6) is 0 Å². The summed E-state index contributed by atoms with van der Waals surface area (Å²) in [4.78, 5) is 22.8. The molecule has 1 aliphatic heterocycles. The number of hydrogen-bond acceptors (Lipinski definition) is 4. The van der Waals surface area contributed by atoms with E-state index in [0.717, 1.165) is 71.4 Å². The van der Waals surface area contributed by atoms with E-state index in [1.54, 1.807) is 6.92 Å². The number of guanidine groups is 1. The van der Waals surface area contributed by atoms with E-state index in [-0.39, 0.29) is 5.91 Å². The molecule has 7 heteroatoms. The summed E-state index contributed by atoms with van der Waals surface area (Å²) in [6.07, 6.45) is 0. The highest BCUT2D eigenvalue weighted by molar-refractivity contribution is 5.79. The van der Waals surface area contributed by atoms with E-state index in [4.69, 9.17) is 4.99 Å². The van der Waals surface area contributed by atoms with Gasteiger partial charge in [-0.1, -0.05) is 12.1 Å². The fourth-order valence-electron chi connectivity index (χ4n) is 3.54. The van der Waals surface area contributed by atoms with Crippen molar-refractivity contribution in [3.8, 4) is 0 Å². The van der Waals surface area contributed by atoms with Crippen LogP contribution in [0.1, 0.15) is 26.3 Å². The van der Waals surface area contributed by atoms with Gasteiger partial charge in [0.15, 0.2) is 5.96 Å². The van der Waals surface area contributed by atoms with E-state index in [2.05, 4.69) is 65.5 Å². The zero-order valence-electron chi connectivity index (χ0n) is 18.6. The van der Waals surface area contributed by atoms with E-state index in [0.29, 0.717) is 0 Å². The quantitative estimate of drug-likeness (QED) is 0.485. The maximum atomic E-state index is 11.4. The average molecular weight is 403 g/mol. The zero-order chi connectivity index (χ0) is 21.1. The number of hydrogen-bond donors (Lipinski definition) is 2. The highest BCUT2D eigenvalue weighted by Gasteiger charge is 2.17. The van der Waals surface area contributed by atoms with Gasteiger partial charge in [0.1, 0.15) is 0 Å². The molecule has 2 rings (SSSR count). The number of nitrogens with one attached hydrogen (secondary N) is 2. The molecule has 0 radical (unpaired) electrons. The molecule has 0 spiro atoms. The van der Waals surface area contributed by atoms with Gasteiger partial charge < -0.3 is 20.4 Å². The summed E-state index contributed by atoms with van der Waals surface area (Å²) < 4.78 is 0. The van der Waals surface area contributed by atoms with Crippen molar-refractivity contribution in [1.82, 2.24) is 20.4 Å². The fourth-order valence-corrected chi connectivity index (χ4v) is 3.54. The number of benzene rings is 1. The molecule has 0 aromatic heterocycles. The first-order valence-corrected chi connectivity index (χ1v) is 10.8. The summed E-state index contributed by atoms with van der Waals surface area (Å²) in [6.45, 7) is 16.8. The second kappa shape index (κ2) is 12.3. The molecule has 0 bridgehead atoms. The third-order valence-corrected chi connectivity index (χ3v) is 5.27. The summed E-state index contributed by atoms with van der Waals surface area (Å²) in [7, 11) is 0. The van der Waals surface area contributed by atoms with Crippen LogP contribution >= 0.6 is 0 Å². The predicted octanol–water partition coefficient (Wildman–Crippen LogP) is 1.54. The minimum Gasteiger partial charge on any atom is -0.370 e. The molecule has 2 N–H and O–H groups in total. The van der Waals surface area contributed by atoms with Crippen LogP contribution in [0.3, 0.4) is 0 Å². The van der Waals surface area contributed by atoms with Crippen molar-refractivity contribution >= 4 is 17.6 Å². The Balaban J connectivity index is 1.76. The van der Waals surface area contributed by atoms with Crippen LogP contribution in [-0.4, -0.2) is 87.1 Å². The number of nitrogens with zero attached hydrogens (tertiary/aromatic N) is 4. The van der Waals surface area contributed by atoms with Crippen LogP contribution in [0.25, 0.3) is 0 Å². The Labute approximate surface area is 176 Å². The molecule has 1 aromatic carbocycles. The van der Waals surface area contributed by atoms with Gasteiger partial charge in [0.2, 0.25) is 5.91 Å². The minimum atomic E-state index is 0.174. The molecule has 1 aliphatic rings. The van der Waals surface area contributed by atoms with E-state index in [1.807, 2.05) is 4.90 Å². The maximum absolute atomic E-state index is 11.4. The number of aliphatic imine (C=N–C) groups is 1. The van der Waals surface area contributed by atoms with E-state index < -0.39 is 0 Å². The second-order valence-corrected chi connectivity index (χ2v) is 7.45. The van der Waals surface area contributed by atoms with Crippen LogP contribution in [0, 0.1) is 6.92 Å². The molecule has 1 heterocycles. The SMILES string of the molecule is CCNC(=NCCN1CCN(C(C)=O)CC1)NCCN(CC)c1cccc(C)c1. The van der Waals surface area contributed by atoms with Gasteiger partial charge in [0.25, 0.3) is 0 Å². The zero-order valence-corrected chi connectivity index (χ0v) is 18.6. The van der Waals surface area contributed by atoms with Crippen LogP contribution in [0.15, 0.2) is 29.3 Å². The molecular formula is C22H38N6O. The van der Waals surface area contributed by atoms with Crippen molar-refractivity contribution in [2.24, 2.45) is 4.99 Å². The van der Waals surface area contributed by atoms with Crippen LogP contribution in [-0.2, 0) is 4.79 Å². The summed E-state index contributed by atoms with van der Waals surface area (Å²) >= 11 is 0. The molecule has 7 nitrogen and oxygen atoms in total. The third kappa shape index (κ3) is 7.93. The topological polar surface area (TPSA) is 63.2 Å². The molecule has 1 aromatic rings. The van der Waals surface area contributed by atoms with Gasteiger partial charge in [-0.2, -0.15) is 0 Å². The fraction of sp³-hybridized carbons (Fsp3) is 0.636. The minimum absolute atomic E-state index is 0.174. The van der Waals surface area contributed by atoms with Crippen molar-refractivity contribution in [2.45, 2.75) is 27.7 Å². The molecule has 1 saturated heterocycles. The van der Waals surface area contributed by atoms with Crippen molar-refractivity contribution < 1.29 is 4.79 Å². The highest BCUT2D eigenvalue weighted by atomic mass is 16.2. The maximum Gasteiger partial charge on any atom is 0.219 e. The van der Waals surface area contributed by atoms with Crippen molar-refractivity contribution in [1.29, 1.82) is 0 Å². The molecule has 1 amide bonds. The Morgan fingerprint density at radius 1 is 1.17 bits per heavy atom. The Bertz CT molecular complexity index is 654. The number of carbonyl (C=O) groups excluding carboxylic acids is 1. The lowest BCUT2D eigenvalue weighted by Gasteiger charge is -2.33. The van der Waals surface area contributed by atoms with Gasteiger partial charge in [-0.25, -0.2) is 0 Å². The summed E-state index contributed by atoms with van der Waals surface area (Å²) in [5.41, 5.74) is 2.55. The van der Waals surface area contributed by atoms with E-state index >= 15 is 0 Å². The molecule has 29 heavy (non-hydrogen) atoms. The van der Waals surface area contributed by atoms with Crippen LogP contribution in [0.2, 0.25) is 0 Å². The van der Waals surface area contributed by atoms with Crippen molar-refractivity contribution in [2.75, 3.05) is 70.3 Å². The van der Waals surface area contributed by atoms with Gasteiger partial charge in [-0.3, -0.25) is 14.7 Å². The van der Waals surface area contributed by atoms with Gasteiger partial charge in [0.05, 0.1) is 6.54 Å². The Kier molecular flexibility index (Phi) is 9.77. The lowest BCUT2D eigenvalue weighted by molar-refractivity contribution is -0.130. The van der Waals surface area contributed by atoms with Crippen molar-refractivity contribution in [3.05, 3.63) is 29.8 Å². The predicted molar refractivity (Wildman–Crippen MR) is 122 cm³/mol. The van der Waals surface area contributed by atoms with Gasteiger partial charge in [0, 0.05) is 71.5 Å². The highest BCUT2D eigenvalue weighted by Crippen LogP contribution is 2.14. The Hall–Kier alpha value is -2.28. The molecule has 0 unspecified atom stereocenters. The molecule has 0 saturated carbocycles. The van der Waals surface area contributed by atoms with Gasteiger partial charge in [-0.15, -0.1) is 0 Å². The summed E-state index contributed by atoms with van der Waals surface area (Å²) in [5, 5.41) is 6.79. The molecule has 0 aliphatic carbocycles. The second-order valence-electron chi connectivity index (χ2n) is 7.45. The number of piperazine rings is 1. The monoisotopic (exact) mass is 402 g/mol. The van der Waals surface area contributed by atoms with Crippen molar-refractivity contribution in [3.63, 3.8) is 0 Å². The third-order valence-electron chi connectivity index (χ3n) is 5.27. The largest absolute Gasteiger partial charge is 0.370 e. The summed E-state index contributed by atoms with van der Waals surface area (Å²) in [6, 6.07) is 8.64. The lowest BCUT2D eigenvalue weighted by Crippen LogP contribution is -2.48. The molecular weight excluding hydrogens is 364 g/mol. The van der Waals surface area contributed by atoms with E-state index in [9.17, 15) is 4.79 Å². The molecule has 0 atom stereocenters. The lowest BCUT2D eigenvalue weighted by atomic mass is 10.2. The first kappa shape index (κ1) is 23.0. The number of amides is 1. The van der Waals surface area contributed by atoms with Crippen LogP contribution in [0.4, 0.5) is 5.69 Å². The number of likely N-dealkylation sites (N-methyl/N-ethyl adjacent to an activating group) is 1. The number of rotatable bonds is 9. The smallest absolute Gasteiger partial charge is 0.219 e. The first-order chi connectivity index (χ1) is 14.0. The number of aryl methyl sites for hydroxylation is 1. The Morgan fingerprint density at radius 3 is 2.55 bits per heavy atom. The Morgan fingerprint density at radius 2 is 1.93 bits per heavy atom. The first-order valence-electron chi connectivity index (χ1n) is 10.8. The number of anilines is 1. The van der Waals surface area contributed by atoms with Crippen LogP contribution < -0.4 is 15.5 Å². The van der Waals surface area contributed by atoms with Gasteiger partial charge >= 0.3 is 0 Å². The normalized spacial score (nSPS) is 15.3. The number of carbonyl (C=O) groups is 1. The standard InChI is InChI=1S/C22H38N6O/c1-5-23-22(24-10-12-26-14-16-28(17-15-26)20(4)29)25-11-13-27(6-2)21-9-7-8-19(3)18-21/h7-9,18H,5-6,10-17H2,1-4H3,(H2,23,24,25).